The van der Waals surface area contributed by atoms with Crippen molar-refractivity contribution < 1.29 is 46.5 Å². The first-order chi connectivity index (χ1) is 27.5. The van der Waals surface area contributed by atoms with Gasteiger partial charge in [0.05, 0.1) is 25.4 Å². The molecule has 1 saturated heterocycles. The van der Waals surface area contributed by atoms with Gasteiger partial charge in [0.1, 0.15) is 41.6 Å². The predicted octanol–water partition coefficient (Wildman–Crippen LogP) is 8.74. The highest BCUT2D eigenvalue weighted by molar-refractivity contribution is 5.91. The predicted molar refractivity (Wildman–Crippen MR) is 212 cm³/mol. The van der Waals surface area contributed by atoms with Crippen LogP contribution in [0, 0.1) is 17.5 Å². The van der Waals surface area contributed by atoms with Gasteiger partial charge in [0.2, 0.25) is 0 Å². The van der Waals surface area contributed by atoms with Gasteiger partial charge in [0.15, 0.2) is 17.3 Å². The number of carbonyl (C=O) groups excluding carboxylic acids is 3. The van der Waals surface area contributed by atoms with E-state index in [0.29, 0.717) is 17.5 Å². The van der Waals surface area contributed by atoms with E-state index < -0.39 is 71.1 Å². The fourth-order valence-electron chi connectivity index (χ4n) is 6.76. The van der Waals surface area contributed by atoms with Crippen LogP contribution in [-0.4, -0.2) is 77.0 Å². The van der Waals surface area contributed by atoms with Gasteiger partial charge in [0.25, 0.3) is 0 Å². The molecule has 10 nitrogen and oxygen atoms in total. The Morgan fingerprint density at radius 3 is 2.03 bits per heavy atom. The third-order valence-corrected chi connectivity index (χ3v) is 9.35. The summed E-state index contributed by atoms with van der Waals surface area (Å²) < 4.78 is 67.2. The number of ether oxygens (including phenoxy) is 4. The van der Waals surface area contributed by atoms with E-state index in [1.54, 1.807) is 46.4 Å². The largest absolute Gasteiger partial charge is 0.487 e. The van der Waals surface area contributed by atoms with Crippen molar-refractivity contribution in [2.24, 2.45) is 0 Å². The first kappa shape index (κ1) is 43.7. The zero-order valence-corrected chi connectivity index (χ0v) is 33.8. The Morgan fingerprint density at radius 2 is 1.45 bits per heavy atom. The van der Waals surface area contributed by atoms with Crippen LogP contribution < -0.4 is 10.1 Å². The number of nitrogens with zero attached hydrogens (tertiary/aromatic N) is 2. The summed E-state index contributed by atoms with van der Waals surface area (Å²) >= 11 is 0. The second-order valence-corrected chi connectivity index (χ2v) is 16.4. The van der Waals surface area contributed by atoms with Gasteiger partial charge in [-0.2, -0.15) is 0 Å². The molecule has 4 aromatic rings. The lowest BCUT2D eigenvalue weighted by Crippen LogP contribution is -2.54. The summed E-state index contributed by atoms with van der Waals surface area (Å²) in [5, 5.41) is 2.67. The molecule has 13 heteroatoms. The molecule has 3 atom stereocenters. The number of amides is 2. The molecule has 1 fully saturated rings. The smallest absolute Gasteiger partial charge is 0.410 e. The molecular weight excluding hydrogens is 752 g/mol. The van der Waals surface area contributed by atoms with Gasteiger partial charge in [-0.3, -0.25) is 9.78 Å². The van der Waals surface area contributed by atoms with Gasteiger partial charge in [-0.1, -0.05) is 54.6 Å². The summed E-state index contributed by atoms with van der Waals surface area (Å²) in [7, 11) is 0. The Bertz CT molecular complexity index is 1940. The summed E-state index contributed by atoms with van der Waals surface area (Å²) in [5.41, 5.74) is 0.500. The van der Waals surface area contributed by atoms with Crippen LogP contribution in [0.4, 0.5) is 22.8 Å². The second kappa shape index (κ2) is 19.3. The summed E-state index contributed by atoms with van der Waals surface area (Å²) in [6.07, 6.45) is 2.03. The number of morpholine rings is 1. The number of hydrogen-bond acceptors (Lipinski definition) is 8. The number of benzene rings is 3. The molecule has 0 radical (unpaired) electrons. The molecular formula is C45H52F3N3O7. The van der Waals surface area contributed by atoms with Crippen LogP contribution in [0.3, 0.4) is 0 Å². The van der Waals surface area contributed by atoms with Crippen LogP contribution in [-0.2, 0) is 31.8 Å². The summed E-state index contributed by atoms with van der Waals surface area (Å²) in [4.78, 5) is 46.7. The number of ketones is 1. The van der Waals surface area contributed by atoms with Crippen molar-refractivity contribution in [1.29, 1.82) is 0 Å². The Morgan fingerprint density at radius 1 is 0.845 bits per heavy atom. The Kier molecular flexibility index (Phi) is 14.6. The van der Waals surface area contributed by atoms with Gasteiger partial charge >= 0.3 is 12.2 Å². The first-order valence-electron chi connectivity index (χ1n) is 19.4. The highest BCUT2D eigenvalue weighted by Gasteiger charge is 2.37. The third kappa shape index (κ3) is 12.8. The van der Waals surface area contributed by atoms with Crippen LogP contribution in [0.5, 0.6) is 5.75 Å². The fourth-order valence-corrected chi connectivity index (χ4v) is 6.76. The molecule has 0 spiro atoms. The molecule has 310 valence electrons. The van der Waals surface area contributed by atoms with Gasteiger partial charge in [0, 0.05) is 24.1 Å². The SMILES string of the molecule is CC(C)(C)OC(=O)N[C@H](C(=O)Cc1cncc(F)c1OC[C@@H]1CN(C(=O)OC(C)(C)C)[C@H](CCCc2ccccc2)CO1)C(c1ccc(F)cc1)c1ccc(F)cc1. The van der Waals surface area contributed by atoms with E-state index in [1.165, 1.54) is 60.3 Å². The van der Waals surface area contributed by atoms with E-state index >= 15 is 4.39 Å². The molecule has 0 saturated carbocycles. The average Bonchev–Trinajstić information content (AvgIpc) is 3.15. The molecule has 1 aliphatic rings. The number of hydrogen-bond donors (Lipinski definition) is 1. The van der Waals surface area contributed by atoms with Crippen molar-refractivity contribution in [3.63, 3.8) is 0 Å². The van der Waals surface area contributed by atoms with Crippen molar-refractivity contribution in [3.8, 4) is 5.75 Å². The van der Waals surface area contributed by atoms with Gasteiger partial charge in [-0.05, 0) is 102 Å². The zero-order chi connectivity index (χ0) is 42.0. The molecule has 0 bridgehead atoms. The number of rotatable bonds is 14. The van der Waals surface area contributed by atoms with E-state index in [1.807, 2.05) is 18.2 Å². The molecule has 0 unspecified atom stereocenters. The molecule has 2 heterocycles. The highest BCUT2D eigenvalue weighted by Crippen LogP contribution is 2.32. The van der Waals surface area contributed by atoms with Crippen LogP contribution in [0.25, 0.3) is 0 Å². The number of carbonyl (C=O) groups is 3. The summed E-state index contributed by atoms with van der Waals surface area (Å²) in [5.74, 6) is -3.67. The normalized spacial score (nSPS) is 16.4. The summed E-state index contributed by atoms with van der Waals surface area (Å²) in [6, 6.07) is 19.2. The lowest BCUT2D eigenvalue weighted by atomic mass is 9.82. The van der Waals surface area contributed by atoms with Crippen LogP contribution in [0.1, 0.15) is 82.6 Å². The lowest BCUT2D eigenvalue weighted by molar-refractivity contribution is -0.120. The average molecular weight is 804 g/mol. The lowest BCUT2D eigenvalue weighted by Gasteiger charge is -2.40. The van der Waals surface area contributed by atoms with Crippen molar-refractivity contribution in [2.45, 2.75) is 103 Å². The monoisotopic (exact) mass is 803 g/mol. The fraction of sp³-hybridized carbons (Fsp3) is 0.422. The minimum atomic E-state index is -1.36. The second-order valence-electron chi connectivity index (χ2n) is 16.4. The van der Waals surface area contributed by atoms with E-state index in [4.69, 9.17) is 18.9 Å². The zero-order valence-electron chi connectivity index (χ0n) is 33.8. The maximum absolute atomic E-state index is 15.6. The number of aryl methyl sites for hydroxylation is 1. The molecule has 3 aromatic carbocycles. The van der Waals surface area contributed by atoms with Gasteiger partial charge in [-0.15, -0.1) is 0 Å². The molecule has 0 aliphatic carbocycles. The quantitative estimate of drug-likeness (QED) is 0.135. The van der Waals surface area contributed by atoms with Crippen LogP contribution in [0.15, 0.2) is 91.3 Å². The number of pyridine rings is 1. The van der Waals surface area contributed by atoms with Crippen molar-refractivity contribution in [2.75, 3.05) is 19.8 Å². The van der Waals surface area contributed by atoms with E-state index in [-0.39, 0.29) is 37.1 Å². The molecule has 2 amide bonds. The molecule has 1 N–H and O–H groups in total. The van der Waals surface area contributed by atoms with E-state index in [9.17, 15) is 23.2 Å². The Hall–Kier alpha value is -5.43. The summed E-state index contributed by atoms with van der Waals surface area (Å²) in [6.45, 7) is 10.5. The van der Waals surface area contributed by atoms with Crippen LogP contribution >= 0.6 is 0 Å². The number of halogens is 3. The first-order valence-corrected chi connectivity index (χ1v) is 19.4. The molecule has 1 aromatic heterocycles. The Labute approximate surface area is 338 Å². The number of aromatic nitrogens is 1. The van der Waals surface area contributed by atoms with E-state index in [0.717, 1.165) is 19.0 Å². The number of nitrogens with one attached hydrogen (secondary N) is 1. The minimum absolute atomic E-state index is 0.0801. The minimum Gasteiger partial charge on any atom is -0.487 e. The van der Waals surface area contributed by atoms with Gasteiger partial charge < -0.3 is 29.2 Å². The van der Waals surface area contributed by atoms with E-state index in [2.05, 4.69) is 22.4 Å². The van der Waals surface area contributed by atoms with Crippen molar-refractivity contribution in [1.82, 2.24) is 15.2 Å². The van der Waals surface area contributed by atoms with Crippen LogP contribution in [0.2, 0.25) is 0 Å². The number of alkyl carbamates (subject to hydrolysis) is 1. The van der Waals surface area contributed by atoms with Crippen molar-refractivity contribution >= 4 is 18.0 Å². The standard InChI is InChI=1S/C45H52F3N3O7/c1-44(2,3)57-42(53)50-40(39(30-15-19-33(46)20-16-30)31-17-21-34(47)22-18-31)38(52)23-32-24-49-25-37(48)41(32)56-28-36-26-51(43(54)58-45(4,5)6)35(27-55-36)14-10-13-29-11-8-7-9-12-29/h7-9,11-12,15-22,24-25,35-36,39-40H,10,13-14,23,26-28H2,1-6H3,(H,50,53)/t35-,36+,40-/m1/s1. The highest BCUT2D eigenvalue weighted by atomic mass is 19.1. The maximum Gasteiger partial charge on any atom is 0.410 e. The molecule has 1 aliphatic heterocycles. The third-order valence-electron chi connectivity index (χ3n) is 9.35. The molecule has 5 rings (SSSR count). The maximum atomic E-state index is 15.6. The van der Waals surface area contributed by atoms with Crippen molar-refractivity contribution in [3.05, 3.63) is 131 Å². The molecule has 58 heavy (non-hydrogen) atoms. The number of Topliss-reactive ketones (excluding diaryl/α,β-unsaturated/α-hetero) is 1. The topological polar surface area (TPSA) is 116 Å². The Balaban J connectivity index is 1.37. The van der Waals surface area contributed by atoms with Gasteiger partial charge in [-0.25, -0.2) is 22.8 Å².